The Kier molecular flexibility index (Phi) is 4.39. The summed E-state index contributed by atoms with van der Waals surface area (Å²) in [7, 11) is 1.48. The molecule has 2 saturated heterocycles. The molecule has 104 valence electrons. The zero-order chi connectivity index (χ0) is 13.3. The highest BCUT2D eigenvalue weighted by Gasteiger charge is 2.41. The van der Waals surface area contributed by atoms with Crippen molar-refractivity contribution in [2.75, 3.05) is 20.2 Å². The van der Waals surface area contributed by atoms with Gasteiger partial charge >= 0.3 is 0 Å². The first kappa shape index (κ1) is 14.0. The summed E-state index contributed by atoms with van der Waals surface area (Å²) in [5, 5.41) is -0.546. The minimum atomic E-state index is -1.16. The summed E-state index contributed by atoms with van der Waals surface area (Å²) in [5.41, 5.74) is 11.1. The number of nitrogens with zero attached hydrogens (tertiary/aromatic N) is 1. The van der Waals surface area contributed by atoms with E-state index in [1.165, 1.54) is 12.0 Å². The van der Waals surface area contributed by atoms with Crippen LogP contribution in [0, 0.1) is 0 Å². The van der Waals surface area contributed by atoms with Crippen LogP contribution >= 0.6 is 11.6 Å². The summed E-state index contributed by atoms with van der Waals surface area (Å²) in [6, 6.07) is -0.618. The lowest BCUT2D eigenvalue weighted by Gasteiger charge is -2.35. The molecule has 18 heavy (non-hydrogen) atoms. The lowest BCUT2D eigenvalue weighted by molar-refractivity contribution is -0.138. The molecule has 4 N–H and O–H groups in total. The third kappa shape index (κ3) is 2.60. The fourth-order valence-corrected chi connectivity index (χ4v) is 2.53. The standard InChI is InChI=1S/C10H18ClFN4O2/c1-18-6-2-3-16(4-5(6)12)10(17)8-7(11)9(13)15-14-8/h5-9,14-15H,2-4,13H2,1H3/t5-,6+,7?,8?,9?/m1/s1. The molecule has 6 nitrogen and oxygen atoms in total. The van der Waals surface area contributed by atoms with E-state index in [0.717, 1.165) is 0 Å². The Morgan fingerprint density at radius 2 is 2.28 bits per heavy atom. The zero-order valence-electron chi connectivity index (χ0n) is 10.1. The van der Waals surface area contributed by atoms with Gasteiger partial charge in [0.25, 0.3) is 0 Å². The molecule has 2 fully saturated rings. The molecule has 0 bridgehead atoms. The molecule has 3 unspecified atom stereocenters. The van der Waals surface area contributed by atoms with Gasteiger partial charge in [-0.05, 0) is 6.42 Å². The van der Waals surface area contributed by atoms with E-state index in [2.05, 4.69) is 10.9 Å². The van der Waals surface area contributed by atoms with E-state index in [4.69, 9.17) is 22.1 Å². The number of likely N-dealkylation sites (tertiary alicyclic amines) is 1. The highest BCUT2D eigenvalue weighted by atomic mass is 35.5. The monoisotopic (exact) mass is 280 g/mol. The Labute approximate surface area is 110 Å². The predicted molar refractivity (Wildman–Crippen MR) is 64.6 cm³/mol. The summed E-state index contributed by atoms with van der Waals surface area (Å²) in [5.74, 6) is -0.229. The minimum absolute atomic E-state index is 0.0361. The first-order valence-electron chi connectivity index (χ1n) is 5.91. The topological polar surface area (TPSA) is 79.6 Å². The number of rotatable bonds is 2. The fourth-order valence-electron chi connectivity index (χ4n) is 2.30. The molecule has 2 heterocycles. The summed E-state index contributed by atoms with van der Waals surface area (Å²) < 4.78 is 18.7. The van der Waals surface area contributed by atoms with Crippen LogP contribution in [0.2, 0.25) is 0 Å². The van der Waals surface area contributed by atoms with Gasteiger partial charge in [0.05, 0.1) is 24.2 Å². The molecule has 0 spiro atoms. The molecular weight excluding hydrogens is 263 g/mol. The van der Waals surface area contributed by atoms with Crippen molar-refractivity contribution in [3.8, 4) is 0 Å². The number of nitrogens with two attached hydrogens (primary N) is 1. The number of nitrogens with one attached hydrogen (secondary N) is 2. The SMILES string of the molecule is CO[C@H]1CCN(C(=O)C2NNC(N)C2Cl)C[C@H]1F. The van der Waals surface area contributed by atoms with Gasteiger partial charge in [-0.2, -0.15) is 0 Å². The van der Waals surface area contributed by atoms with E-state index in [0.29, 0.717) is 13.0 Å². The molecule has 0 radical (unpaired) electrons. The second-order valence-electron chi connectivity index (χ2n) is 4.60. The van der Waals surface area contributed by atoms with Crippen LogP contribution in [0.1, 0.15) is 6.42 Å². The van der Waals surface area contributed by atoms with Gasteiger partial charge < -0.3 is 15.4 Å². The van der Waals surface area contributed by atoms with Crippen molar-refractivity contribution in [3.05, 3.63) is 0 Å². The summed E-state index contributed by atoms with van der Waals surface area (Å²) in [6.45, 7) is 0.503. The van der Waals surface area contributed by atoms with Crippen LogP contribution in [0.15, 0.2) is 0 Å². The zero-order valence-corrected chi connectivity index (χ0v) is 10.9. The van der Waals surface area contributed by atoms with E-state index in [-0.39, 0.29) is 12.5 Å². The summed E-state index contributed by atoms with van der Waals surface area (Å²) in [6.07, 6.45) is -1.59. The molecule has 2 aliphatic rings. The number of carbonyl (C=O) groups excluding carboxylic acids is 1. The Morgan fingerprint density at radius 1 is 1.56 bits per heavy atom. The van der Waals surface area contributed by atoms with E-state index in [1.807, 2.05) is 0 Å². The molecule has 0 aromatic heterocycles. The van der Waals surface area contributed by atoms with Gasteiger partial charge in [0.15, 0.2) is 0 Å². The Balaban J connectivity index is 1.94. The number of methoxy groups -OCH3 is 1. The average molecular weight is 281 g/mol. The number of hydrogen-bond acceptors (Lipinski definition) is 5. The largest absolute Gasteiger partial charge is 0.378 e. The number of piperidine rings is 1. The Morgan fingerprint density at radius 3 is 2.78 bits per heavy atom. The number of alkyl halides is 2. The molecular formula is C10H18ClFN4O2. The molecule has 2 aliphatic heterocycles. The lowest BCUT2D eigenvalue weighted by atomic mass is 10.0. The smallest absolute Gasteiger partial charge is 0.242 e. The molecule has 0 saturated carbocycles. The van der Waals surface area contributed by atoms with Crippen molar-refractivity contribution in [2.24, 2.45) is 5.73 Å². The Hall–Kier alpha value is -0.470. The van der Waals surface area contributed by atoms with Crippen LogP contribution in [-0.2, 0) is 9.53 Å². The number of ether oxygens (including phenoxy) is 1. The number of amides is 1. The van der Waals surface area contributed by atoms with Crippen LogP contribution in [0.5, 0.6) is 0 Å². The first-order valence-corrected chi connectivity index (χ1v) is 6.34. The van der Waals surface area contributed by atoms with Crippen molar-refractivity contribution in [3.63, 3.8) is 0 Å². The Bertz CT molecular complexity index is 322. The molecule has 0 aromatic carbocycles. The fraction of sp³-hybridized carbons (Fsp3) is 0.900. The minimum Gasteiger partial charge on any atom is -0.378 e. The molecule has 8 heteroatoms. The third-order valence-corrected chi connectivity index (χ3v) is 3.95. The number of halogens is 2. The van der Waals surface area contributed by atoms with Crippen molar-refractivity contribution < 1.29 is 13.9 Å². The van der Waals surface area contributed by atoms with Crippen molar-refractivity contribution in [2.45, 2.75) is 36.3 Å². The molecule has 0 aliphatic carbocycles. The quantitative estimate of drug-likeness (QED) is 0.562. The summed E-state index contributed by atoms with van der Waals surface area (Å²) >= 11 is 6.02. The second kappa shape index (κ2) is 5.66. The maximum absolute atomic E-state index is 13.7. The van der Waals surface area contributed by atoms with Crippen LogP contribution in [0.25, 0.3) is 0 Å². The van der Waals surface area contributed by atoms with Gasteiger partial charge in [0.2, 0.25) is 5.91 Å². The van der Waals surface area contributed by atoms with Gasteiger partial charge in [-0.1, -0.05) is 0 Å². The summed E-state index contributed by atoms with van der Waals surface area (Å²) in [4.78, 5) is 13.6. The van der Waals surface area contributed by atoms with Gasteiger partial charge in [0.1, 0.15) is 12.2 Å². The van der Waals surface area contributed by atoms with Gasteiger partial charge in [-0.15, -0.1) is 11.6 Å². The predicted octanol–water partition coefficient (Wildman–Crippen LogP) is -1.06. The third-order valence-electron chi connectivity index (χ3n) is 3.43. The highest BCUT2D eigenvalue weighted by molar-refractivity contribution is 6.23. The van der Waals surface area contributed by atoms with Crippen molar-refractivity contribution >= 4 is 17.5 Å². The van der Waals surface area contributed by atoms with Crippen LogP contribution < -0.4 is 16.6 Å². The van der Waals surface area contributed by atoms with Gasteiger partial charge in [-0.25, -0.2) is 15.2 Å². The first-order chi connectivity index (χ1) is 8.54. The van der Waals surface area contributed by atoms with E-state index in [9.17, 15) is 9.18 Å². The molecule has 2 rings (SSSR count). The van der Waals surface area contributed by atoms with Crippen molar-refractivity contribution in [1.29, 1.82) is 0 Å². The number of hydrazine groups is 1. The van der Waals surface area contributed by atoms with E-state index in [1.54, 1.807) is 0 Å². The number of hydrogen-bond donors (Lipinski definition) is 3. The van der Waals surface area contributed by atoms with Crippen LogP contribution in [0.4, 0.5) is 4.39 Å². The van der Waals surface area contributed by atoms with Crippen LogP contribution in [-0.4, -0.2) is 60.9 Å². The van der Waals surface area contributed by atoms with E-state index < -0.39 is 29.9 Å². The molecule has 5 atom stereocenters. The maximum Gasteiger partial charge on any atom is 0.242 e. The normalized spacial score (nSPS) is 41.1. The van der Waals surface area contributed by atoms with Gasteiger partial charge in [0, 0.05) is 13.7 Å². The maximum atomic E-state index is 13.7. The lowest BCUT2D eigenvalue weighted by Crippen LogP contribution is -2.54. The van der Waals surface area contributed by atoms with Gasteiger partial charge in [-0.3, -0.25) is 4.79 Å². The highest BCUT2D eigenvalue weighted by Crippen LogP contribution is 2.20. The van der Waals surface area contributed by atoms with Crippen LogP contribution in [0.3, 0.4) is 0 Å². The van der Waals surface area contributed by atoms with Crippen molar-refractivity contribution in [1.82, 2.24) is 15.8 Å². The molecule has 1 amide bonds. The molecule has 0 aromatic rings. The second-order valence-corrected chi connectivity index (χ2v) is 5.10. The number of carbonyl (C=O) groups is 1. The van der Waals surface area contributed by atoms with E-state index >= 15 is 0 Å². The average Bonchev–Trinajstić information content (AvgIpc) is 2.69.